The summed E-state index contributed by atoms with van der Waals surface area (Å²) in [6.07, 6.45) is 0.385. The molecule has 0 radical (unpaired) electrons. The van der Waals surface area contributed by atoms with Gasteiger partial charge < -0.3 is 15.3 Å². The summed E-state index contributed by atoms with van der Waals surface area (Å²) in [5.74, 6) is 0.0641. The lowest BCUT2D eigenvalue weighted by Crippen LogP contribution is -2.17. The Hall–Kier alpha value is -1.47. The number of carbonyl (C=O) groups excluding carboxylic acids is 1. The van der Waals surface area contributed by atoms with Crippen LogP contribution in [0.15, 0.2) is 10.5 Å². The molecule has 2 N–H and O–H groups in total. The Morgan fingerprint density at radius 3 is 3.06 bits per heavy atom. The Morgan fingerprint density at radius 2 is 2.44 bits per heavy atom. The predicted octanol–water partition coefficient (Wildman–Crippen LogP) is 1.95. The van der Waals surface area contributed by atoms with Gasteiger partial charge in [-0.1, -0.05) is 12.1 Å². The Kier molecular flexibility index (Phi) is 5.73. The minimum absolute atomic E-state index is 0.0981. The van der Waals surface area contributed by atoms with E-state index in [1.165, 1.54) is 11.3 Å². The van der Waals surface area contributed by atoms with E-state index >= 15 is 0 Å². The standard InChI is InChI=1S/C11H17N3O3S/c1-7(5-17-3)4-10(15)13-11-12-9(6-18-11)8(2)14-16/h6-7,16H,4-5H2,1-3H3,(H,12,13,15). The molecule has 0 fully saturated rings. The molecule has 0 spiro atoms. The normalized spacial score (nSPS) is 13.4. The van der Waals surface area contributed by atoms with Gasteiger partial charge in [-0.25, -0.2) is 4.98 Å². The second kappa shape index (κ2) is 7.07. The number of methoxy groups -OCH3 is 1. The van der Waals surface area contributed by atoms with Gasteiger partial charge in [0, 0.05) is 25.5 Å². The summed E-state index contributed by atoms with van der Waals surface area (Å²) < 4.78 is 4.97. The van der Waals surface area contributed by atoms with Gasteiger partial charge in [-0.05, 0) is 12.8 Å². The lowest BCUT2D eigenvalue weighted by atomic mass is 10.1. The van der Waals surface area contributed by atoms with E-state index in [0.717, 1.165) is 0 Å². The molecule has 1 aromatic rings. The molecule has 1 heterocycles. The number of oxime groups is 1. The van der Waals surface area contributed by atoms with Crippen molar-refractivity contribution in [3.05, 3.63) is 11.1 Å². The van der Waals surface area contributed by atoms with Crippen molar-refractivity contribution in [3.8, 4) is 0 Å². The van der Waals surface area contributed by atoms with E-state index in [0.29, 0.717) is 29.6 Å². The summed E-state index contributed by atoms with van der Waals surface area (Å²) in [6, 6.07) is 0. The predicted molar refractivity (Wildman–Crippen MR) is 70.4 cm³/mol. The number of nitrogens with one attached hydrogen (secondary N) is 1. The zero-order chi connectivity index (χ0) is 13.5. The minimum atomic E-state index is -0.0981. The van der Waals surface area contributed by atoms with E-state index < -0.39 is 0 Å². The Morgan fingerprint density at radius 1 is 1.72 bits per heavy atom. The van der Waals surface area contributed by atoms with Crippen LogP contribution in [0.25, 0.3) is 0 Å². The van der Waals surface area contributed by atoms with Crippen LogP contribution in [0.1, 0.15) is 26.0 Å². The Bertz CT molecular complexity index is 431. The van der Waals surface area contributed by atoms with E-state index in [2.05, 4.69) is 15.5 Å². The van der Waals surface area contributed by atoms with Gasteiger partial charge in [-0.15, -0.1) is 11.3 Å². The number of thiazole rings is 1. The molecule has 0 aliphatic rings. The molecule has 0 aliphatic carbocycles. The van der Waals surface area contributed by atoms with Crippen molar-refractivity contribution in [1.82, 2.24) is 4.98 Å². The second-order valence-electron chi connectivity index (χ2n) is 4.04. The number of aromatic nitrogens is 1. The second-order valence-corrected chi connectivity index (χ2v) is 4.89. The van der Waals surface area contributed by atoms with Crippen molar-refractivity contribution >= 4 is 28.1 Å². The molecule has 1 amide bonds. The minimum Gasteiger partial charge on any atom is -0.411 e. The van der Waals surface area contributed by atoms with Crippen molar-refractivity contribution in [2.75, 3.05) is 19.0 Å². The molecule has 1 unspecified atom stereocenters. The van der Waals surface area contributed by atoms with Crippen LogP contribution < -0.4 is 5.32 Å². The molecule has 1 rings (SSSR count). The molecule has 0 aliphatic heterocycles. The van der Waals surface area contributed by atoms with Crippen LogP contribution in [0.2, 0.25) is 0 Å². The average Bonchev–Trinajstić information content (AvgIpc) is 2.76. The number of ether oxygens (including phenoxy) is 1. The third-order valence-electron chi connectivity index (χ3n) is 2.26. The highest BCUT2D eigenvalue weighted by molar-refractivity contribution is 7.14. The monoisotopic (exact) mass is 271 g/mol. The molecular formula is C11H17N3O3S. The van der Waals surface area contributed by atoms with Gasteiger partial charge in [0.25, 0.3) is 0 Å². The molecule has 0 bridgehead atoms. The van der Waals surface area contributed by atoms with Crippen LogP contribution in [0.4, 0.5) is 5.13 Å². The summed E-state index contributed by atoms with van der Waals surface area (Å²) >= 11 is 1.30. The van der Waals surface area contributed by atoms with Gasteiger partial charge in [-0.2, -0.15) is 0 Å². The van der Waals surface area contributed by atoms with Crippen molar-refractivity contribution in [3.63, 3.8) is 0 Å². The highest BCUT2D eigenvalue weighted by Gasteiger charge is 2.11. The molecule has 0 saturated carbocycles. The van der Waals surface area contributed by atoms with Gasteiger partial charge in [0.05, 0.1) is 0 Å². The van der Waals surface area contributed by atoms with E-state index in [-0.39, 0.29) is 11.8 Å². The summed E-state index contributed by atoms with van der Waals surface area (Å²) in [5, 5.41) is 16.6. The maximum absolute atomic E-state index is 11.7. The largest absolute Gasteiger partial charge is 0.411 e. The van der Waals surface area contributed by atoms with Crippen LogP contribution in [-0.4, -0.2) is 35.5 Å². The van der Waals surface area contributed by atoms with Gasteiger partial charge in [0.1, 0.15) is 11.4 Å². The highest BCUT2D eigenvalue weighted by Crippen LogP contribution is 2.17. The Balaban J connectivity index is 2.52. The lowest BCUT2D eigenvalue weighted by Gasteiger charge is -2.08. The number of anilines is 1. The average molecular weight is 271 g/mol. The molecule has 7 heteroatoms. The zero-order valence-electron chi connectivity index (χ0n) is 10.6. The number of hydrogen-bond acceptors (Lipinski definition) is 6. The summed E-state index contributed by atoms with van der Waals surface area (Å²) in [5.41, 5.74) is 0.974. The maximum Gasteiger partial charge on any atom is 0.226 e. The van der Waals surface area contributed by atoms with Crippen LogP contribution in [0.3, 0.4) is 0 Å². The van der Waals surface area contributed by atoms with Gasteiger partial charge in [-0.3, -0.25) is 4.79 Å². The van der Waals surface area contributed by atoms with E-state index in [4.69, 9.17) is 9.94 Å². The Labute approximate surface area is 110 Å². The first kappa shape index (κ1) is 14.6. The van der Waals surface area contributed by atoms with Crippen LogP contribution in [0.5, 0.6) is 0 Å². The molecule has 6 nitrogen and oxygen atoms in total. The number of rotatable bonds is 6. The molecule has 1 aromatic heterocycles. The highest BCUT2D eigenvalue weighted by atomic mass is 32.1. The molecule has 18 heavy (non-hydrogen) atoms. The van der Waals surface area contributed by atoms with Crippen LogP contribution >= 0.6 is 11.3 Å². The summed E-state index contributed by atoms with van der Waals surface area (Å²) in [6.45, 7) is 4.13. The zero-order valence-corrected chi connectivity index (χ0v) is 11.5. The smallest absolute Gasteiger partial charge is 0.226 e. The van der Waals surface area contributed by atoms with Gasteiger partial charge >= 0.3 is 0 Å². The number of nitrogens with zero attached hydrogens (tertiary/aromatic N) is 2. The van der Waals surface area contributed by atoms with Crippen LogP contribution in [0, 0.1) is 5.92 Å². The number of carbonyl (C=O) groups is 1. The number of hydrogen-bond donors (Lipinski definition) is 2. The third-order valence-corrected chi connectivity index (χ3v) is 3.01. The molecule has 1 atom stereocenters. The molecule has 0 aromatic carbocycles. The topological polar surface area (TPSA) is 83.8 Å². The summed E-state index contributed by atoms with van der Waals surface area (Å²) in [7, 11) is 1.61. The van der Waals surface area contributed by atoms with E-state index in [9.17, 15) is 4.79 Å². The summed E-state index contributed by atoms with van der Waals surface area (Å²) in [4.78, 5) is 15.8. The fourth-order valence-electron chi connectivity index (χ4n) is 1.38. The quantitative estimate of drug-likeness (QED) is 0.470. The molecule has 100 valence electrons. The molecular weight excluding hydrogens is 254 g/mol. The van der Waals surface area contributed by atoms with Gasteiger partial charge in [0.2, 0.25) is 5.91 Å². The van der Waals surface area contributed by atoms with E-state index in [1.807, 2.05) is 6.92 Å². The number of amides is 1. The SMILES string of the molecule is COCC(C)CC(=O)Nc1nc(C(C)=NO)cs1. The fraction of sp³-hybridized carbons (Fsp3) is 0.545. The van der Waals surface area contributed by atoms with Crippen molar-refractivity contribution in [2.45, 2.75) is 20.3 Å². The van der Waals surface area contributed by atoms with E-state index in [1.54, 1.807) is 19.4 Å². The van der Waals surface area contributed by atoms with Crippen molar-refractivity contribution < 1.29 is 14.7 Å². The first-order chi connectivity index (χ1) is 8.56. The third kappa shape index (κ3) is 4.42. The van der Waals surface area contributed by atoms with Crippen LogP contribution in [-0.2, 0) is 9.53 Å². The molecule has 0 saturated heterocycles. The van der Waals surface area contributed by atoms with Crippen molar-refractivity contribution in [2.24, 2.45) is 11.1 Å². The first-order valence-corrected chi connectivity index (χ1v) is 6.38. The maximum atomic E-state index is 11.7. The lowest BCUT2D eigenvalue weighted by molar-refractivity contribution is -0.117. The van der Waals surface area contributed by atoms with Gasteiger partial charge in [0.15, 0.2) is 5.13 Å². The van der Waals surface area contributed by atoms with Crippen molar-refractivity contribution in [1.29, 1.82) is 0 Å². The fourth-order valence-corrected chi connectivity index (χ4v) is 2.15. The first-order valence-electron chi connectivity index (χ1n) is 5.50.